The summed E-state index contributed by atoms with van der Waals surface area (Å²) in [5.41, 5.74) is -2.12. The lowest BCUT2D eigenvalue weighted by molar-refractivity contribution is -0.0329. The average Bonchev–Trinajstić information content (AvgIpc) is 2.91. The molecular formula is C20H15ClF3NOS. The van der Waals surface area contributed by atoms with Crippen LogP contribution in [0, 0.1) is 6.92 Å². The van der Waals surface area contributed by atoms with Gasteiger partial charge in [-0.3, -0.25) is 9.36 Å². The van der Waals surface area contributed by atoms with E-state index in [2.05, 4.69) is 0 Å². The molecule has 27 heavy (non-hydrogen) atoms. The number of aromatic nitrogens is 1. The number of para-hydroxylation sites is 1. The van der Waals surface area contributed by atoms with E-state index in [1.165, 1.54) is 0 Å². The number of rotatable bonds is 2. The molecule has 0 bridgehead atoms. The summed E-state index contributed by atoms with van der Waals surface area (Å²) in [7, 11) is 0. The highest BCUT2D eigenvalue weighted by Crippen LogP contribution is 2.48. The van der Waals surface area contributed by atoms with E-state index in [1.807, 2.05) is 31.2 Å². The van der Waals surface area contributed by atoms with Crippen molar-refractivity contribution in [1.82, 2.24) is 4.57 Å². The minimum atomic E-state index is -4.42. The molecule has 0 unspecified atom stereocenters. The van der Waals surface area contributed by atoms with Crippen LogP contribution in [0.4, 0.5) is 13.2 Å². The first-order valence-corrected chi connectivity index (χ1v) is 9.66. The first-order valence-electron chi connectivity index (χ1n) is 8.29. The van der Waals surface area contributed by atoms with E-state index in [9.17, 15) is 18.0 Å². The number of halogens is 4. The highest BCUT2D eigenvalue weighted by molar-refractivity contribution is 8.00. The van der Waals surface area contributed by atoms with Crippen LogP contribution >= 0.6 is 23.4 Å². The van der Waals surface area contributed by atoms with Crippen LogP contribution in [0.3, 0.4) is 0 Å². The molecule has 0 N–H and O–H groups in total. The minimum absolute atomic E-state index is 0.178. The van der Waals surface area contributed by atoms with E-state index in [-0.39, 0.29) is 17.7 Å². The van der Waals surface area contributed by atoms with Gasteiger partial charge < -0.3 is 0 Å². The molecule has 0 radical (unpaired) electrons. The molecule has 1 atom stereocenters. The fraction of sp³-hybridized carbons (Fsp3) is 0.250. The number of hydrogen-bond acceptors (Lipinski definition) is 2. The Kier molecular flexibility index (Phi) is 4.13. The van der Waals surface area contributed by atoms with Crippen LogP contribution in [0.15, 0.2) is 42.5 Å². The molecule has 2 heterocycles. The van der Waals surface area contributed by atoms with E-state index in [1.54, 1.807) is 29.7 Å². The first-order chi connectivity index (χ1) is 12.6. The fourth-order valence-corrected chi connectivity index (χ4v) is 4.75. The van der Waals surface area contributed by atoms with Crippen molar-refractivity contribution in [2.75, 3.05) is 5.75 Å². The number of hydrogen-bond donors (Lipinski definition) is 0. The molecule has 0 saturated carbocycles. The summed E-state index contributed by atoms with van der Waals surface area (Å²) in [5, 5.41) is 1.31. The number of alkyl halides is 3. The normalized spacial score (nSPS) is 19.3. The maximum absolute atomic E-state index is 13.5. The third-order valence-corrected chi connectivity index (χ3v) is 6.44. The molecule has 0 saturated heterocycles. The van der Waals surface area contributed by atoms with E-state index in [0.29, 0.717) is 16.1 Å². The second kappa shape index (κ2) is 6.04. The van der Waals surface area contributed by atoms with Gasteiger partial charge in [0.25, 0.3) is 0 Å². The summed E-state index contributed by atoms with van der Waals surface area (Å²) < 4.78 is 40.4. The number of aryl methyl sites for hydroxylation is 1. The molecule has 0 spiro atoms. The van der Waals surface area contributed by atoms with E-state index >= 15 is 0 Å². The van der Waals surface area contributed by atoms with Crippen LogP contribution in [0.5, 0.6) is 0 Å². The Morgan fingerprint density at radius 2 is 1.89 bits per heavy atom. The standard InChI is InChI=1S/C20H15ClF3NOS/c1-11-13-5-3-4-6-16(13)25-17(11)14-8-7-12(21)9-15(14)19(2,18(25)26)10-27-20(22,23)24/h3-9H,10H2,1-2H3/t19-/m0/s1. The Bertz CT molecular complexity index is 1090. The van der Waals surface area contributed by atoms with Crippen molar-refractivity contribution in [1.29, 1.82) is 0 Å². The number of nitrogens with zero attached hydrogens (tertiary/aromatic N) is 1. The van der Waals surface area contributed by atoms with Crippen molar-refractivity contribution in [2.24, 2.45) is 0 Å². The smallest absolute Gasteiger partial charge is 0.279 e. The molecular weight excluding hydrogens is 395 g/mol. The zero-order valence-corrected chi connectivity index (χ0v) is 16.1. The van der Waals surface area contributed by atoms with Crippen molar-refractivity contribution in [2.45, 2.75) is 24.8 Å². The van der Waals surface area contributed by atoms with Gasteiger partial charge in [0.15, 0.2) is 0 Å². The molecule has 0 amide bonds. The summed E-state index contributed by atoms with van der Waals surface area (Å²) in [6.07, 6.45) is 0. The number of thioether (sulfide) groups is 1. The summed E-state index contributed by atoms with van der Waals surface area (Å²) >= 11 is 5.96. The lowest BCUT2D eigenvalue weighted by Crippen LogP contribution is -2.43. The maximum Gasteiger partial charge on any atom is 0.441 e. The molecule has 140 valence electrons. The SMILES string of the molecule is Cc1c2n(c3ccccc13)C(=O)[C@@](C)(CSC(F)(F)F)c1cc(Cl)ccc1-2. The highest BCUT2D eigenvalue weighted by atomic mass is 35.5. The maximum atomic E-state index is 13.5. The molecule has 2 aromatic carbocycles. The Balaban J connectivity index is 2.03. The van der Waals surface area contributed by atoms with Gasteiger partial charge in [-0.05, 0) is 54.9 Å². The van der Waals surface area contributed by atoms with Gasteiger partial charge in [0.2, 0.25) is 5.91 Å². The van der Waals surface area contributed by atoms with Gasteiger partial charge in [0, 0.05) is 21.7 Å². The van der Waals surface area contributed by atoms with Crippen LogP contribution in [-0.2, 0) is 5.41 Å². The Morgan fingerprint density at radius 3 is 2.59 bits per heavy atom. The van der Waals surface area contributed by atoms with Gasteiger partial charge in [0.05, 0.1) is 16.6 Å². The predicted molar refractivity (Wildman–Crippen MR) is 104 cm³/mol. The summed E-state index contributed by atoms with van der Waals surface area (Å²) in [6, 6.07) is 12.6. The van der Waals surface area contributed by atoms with Crippen LogP contribution in [-0.4, -0.2) is 21.7 Å². The fourth-order valence-electron chi connectivity index (χ4n) is 3.84. The first kappa shape index (κ1) is 18.4. The molecule has 4 rings (SSSR count). The molecule has 1 aliphatic rings. The molecule has 0 aliphatic carbocycles. The topological polar surface area (TPSA) is 22.0 Å². The second-order valence-electron chi connectivity index (χ2n) is 6.89. The Hall–Kier alpha value is -1.92. The second-order valence-corrected chi connectivity index (χ2v) is 8.36. The lowest BCUT2D eigenvalue weighted by Gasteiger charge is -2.36. The largest absolute Gasteiger partial charge is 0.441 e. The quantitative estimate of drug-likeness (QED) is 0.486. The molecule has 2 nitrogen and oxygen atoms in total. The minimum Gasteiger partial charge on any atom is -0.279 e. The van der Waals surface area contributed by atoms with E-state index in [0.717, 1.165) is 22.2 Å². The summed E-state index contributed by atoms with van der Waals surface area (Å²) in [6.45, 7) is 3.49. The van der Waals surface area contributed by atoms with Crippen molar-refractivity contribution >= 4 is 40.2 Å². The van der Waals surface area contributed by atoms with Crippen molar-refractivity contribution in [3.8, 4) is 11.3 Å². The number of carbonyl (C=O) groups is 1. The zero-order valence-electron chi connectivity index (χ0n) is 14.5. The third-order valence-electron chi connectivity index (χ3n) is 5.16. The van der Waals surface area contributed by atoms with Gasteiger partial charge in [-0.15, -0.1) is 0 Å². The number of carbonyl (C=O) groups excluding carboxylic acids is 1. The van der Waals surface area contributed by atoms with Gasteiger partial charge in [-0.2, -0.15) is 13.2 Å². The van der Waals surface area contributed by atoms with Crippen LogP contribution < -0.4 is 0 Å². The summed E-state index contributed by atoms with van der Waals surface area (Å²) in [4.78, 5) is 13.5. The number of fused-ring (bicyclic) bond motifs is 5. The molecule has 0 fully saturated rings. The Labute approximate surface area is 163 Å². The molecule has 7 heteroatoms. The lowest BCUT2D eigenvalue weighted by atomic mass is 9.77. The van der Waals surface area contributed by atoms with Crippen LogP contribution in [0.25, 0.3) is 22.2 Å². The van der Waals surface area contributed by atoms with Gasteiger partial charge in [-0.25, -0.2) is 0 Å². The average molecular weight is 410 g/mol. The van der Waals surface area contributed by atoms with Gasteiger partial charge in [0.1, 0.15) is 0 Å². The summed E-state index contributed by atoms with van der Waals surface area (Å²) in [5.74, 6) is -0.776. The van der Waals surface area contributed by atoms with E-state index in [4.69, 9.17) is 11.6 Å². The molecule has 3 aromatic rings. The molecule has 1 aromatic heterocycles. The van der Waals surface area contributed by atoms with Crippen LogP contribution in [0.1, 0.15) is 22.8 Å². The number of benzene rings is 2. The molecule has 1 aliphatic heterocycles. The van der Waals surface area contributed by atoms with Crippen LogP contribution in [0.2, 0.25) is 5.02 Å². The van der Waals surface area contributed by atoms with Crippen molar-refractivity contribution < 1.29 is 18.0 Å². The van der Waals surface area contributed by atoms with Gasteiger partial charge >= 0.3 is 5.51 Å². The van der Waals surface area contributed by atoms with E-state index < -0.39 is 16.7 Å². The monoisotopic (exact) mass is 409 g/mol. The predicted octanol–water partition coefficient (Wildman–Crippen LogP) is 6.43. The third kappa shape index (κ3) is 2.77. The highest BCUT2D eigenvalue weighted by Gasteiger charge is 2.46. The van der Waals surface area contributed by atoms with Crippen molar-refractivity contribution in [3.05, 3.63) is 58.6 Å². The van der Waals surface area contributed by atoms with Crippen molar-refractivity contribution in [3.63, 3.8) is 0 Å². The zero-order chi connectivity index (χ0) is 19.6. The van der Waals surface area contributed by atoms with Gasteiger partial charge in [-0.1, -0.05) is 35.9 Å². The Morgan fingerprint density at radius 1 is 1.19 bits per heavy atom.